The predicted molar refractivity (Wildman–Crippen MR) is 81.5 cm³/mol. The Balaban J connectivity index is 1.59. The van der Waals surface area contributed by atoms with E-state index in [-0.39, 0.29) is 17.9 Å². The van der Waals surface area contributed by atoms with Gasteiger partial charge in [0.2, 0.25) is 5.91 Å². The molecule has 0 aliphatic heterocycles. The summed E-state index contributed by atoms with van der Waals surface area (Å²) in [5.41, 5.74) is 0. The quantitative estimate of drug-likeness (QED) is 0.849. The average molecular weight is 299 g/mol. The van der Waals surface area contributed by atoms with Crippen molar-refractivity contribution in [2.75, 3.05) is 12.3 Å². The predicted octanol–water partition coefficient (Wildman–Crippen LogP) is 2.65. The second kappa shape index (κ2) is 7.92. The fourth-order valence-electron chi connectivity index (χ4n) is 2.36. The zero-order valence-electron chi connectivity index (χ0n) is 11.0. The first kappa shape index (κ1) is 14.9. The van der Waals surface area contributed by atoms with Crippen LogP contribution < -0.4 is 5.32 Å². The zero-order chi connectivity index (χ0) is 13.5. The first-order valence-electron chi connectivity index (χ1n) is 6.80. The molecule has 1 heterocycles. The van der Waals surface area contributed by atoms with Crippen molar-refractivity contribution in [3.05, 3.63) is 22.4 Å². The minimum atomic E-state index is -0.229. The van der Waals surface area contributed by atoms with Gasteiger partial charge in [-0.2, -0.15) is 0 Å². The van der Waals surface area contributed by atoms with Gasteiger partial charge in [0, 0.05) is 23.1 Å². The van der Waals surface area contributed by atoms with Crippen LogP contribution in [0.3, 0.4) is 0 Å². The molecule has 2 rings (SSSR count). The topological polar surface area (TPSA) is 49.3 Å². The molecule has 0 radical (unpaired) electrons. The molecular weight excluding hydrogens is 278 g/mol. The molecule has 0 saturated heterocycles. The lowest BCUT2D eigenvalue weighted by molar-refractivity contribution is -0.119. The van der Waals surface area contributed by atoms with Crippen molar-refractivity contribution in [2.45, 2.75) is 37.5 Å². The normalized spacial score (nSPS) is 23.2. The van der Waals surface area contributed by atoms with Crippen LogP contribution in [0, 0.1) is 5.92 Å². The first-order valence-corrected chi connectivity index (χ1v) is 8.84. The molecule has 0 aromatic carbocycles. The molecular formula is C14H21NO2S2. The Morgan fingerprint density at radius 2 is 2.32 bits per heavy atom. The lowest BCUT2D eigenvalue weighted by Crippen LogP contribution is -2.37. The summed E-state index contributed by atoms with van der Waals surface area (Å²) in [7, 11) is 0. The minimum Gasteiger partial charge on any atom is -0.393 e. The summed E-state index contributed by atoms with van der Waals surface area (Å²) in [6, 6.07) is 4.12. The van der Waals surface area contributed by atoms with Gasteiger partial charge in [0.25, 0.3) is 0 Å². The average Bonchev–Trinajstić information content (AvgIpc) is 2.91. The van der Waals surface area contributed by atoms with E-state index >= 15 is 0 Å². The van der Waals surface area contributed by atoms with Crippen LogP contribution in [0.1, 0.15) is 30.6 Å². The van der Waals surface area contributed by atoms with Crippen LogP contribution >= 0.6 is 23.1 Å². The summed E-state index contributed by atoms with van der Waals surface area (Å²) in [6.07, 6.45) is 3.97. The molecule has 1 aromatic rings. The minimum absolute atomic E-state index is 0.0827. The summed E-state index contributed by atoms with van der Waals surface area (Å²) in [5, 5.41) is 14.8. The molecule has 1 amide bonds. The summed E-state index contributed by atoms with van der Waals surface area (Å²) < 4.78 is 0. The van der Waals surface area contributed by atoms with Gasteiger partial charge in [0.05, 0.1) is 11.9 Å². The molecule has 1 aromatic heterocycles. The van der Waals surface area contributed by atoms with E-state index in [0.29, 0.717) is 12.3 Å². The van der Waals surface area contributed by atoms with Crippen LogP contribution in [0.15, 0.2) is 17.5 Å². The Morgan fingerprint density at radius 1 is 1.47 bits per heavy atom. The van der Waals surface area contributed by atoms with E-state index in [2.05, 4.69) is 16.8 Å². The van der Waals surface area contributed by atoms with Crippen LogP contribution in [0.5, 0.6) is 0 Å². The fourth-order valence-corrected chi connectivity index (χ4v) is 4.06. The number of hydrogen-bond donors (Lipinski definition) is 2. The molecule has 2 unspecified atom stereocenters. The number of rotatable bonds is 6. The maximum Gasteiger partial charge on any atom is 0.230 e. The Hall–Kier alpha value is -0.520. The van der Waals surface area contributed by atoms with Crippen molar-refractivity contribution in [3.8, 4) is 0 Å². The molecule has 1 fully saturated rings. The van der Waals surface area contributed by atoms with Gasteiger partial charge in [0.1, 0.15) is 0 Å². The third-order valence-electron chi connectivity index (χ3n) is 3.49. The number of aliphatic hydroxyl groups excluding tert-OH is 1. The number of aliphatic hydroxyl groups is 1. The standard InChI is InChI=1S/C14H21NO2S2/c16-13-6-2-1-4-11(13)8-15-14(17)10-18-9-12-5-3-7-19-12/h3,5,7,11,13,16H,1-2,4,6,8-10H2,(H,15,17). The van der Waals surface area contributed by atoms with Crippen molar-refractivity contribution < 1.29 is 9.90 Å². The summed E-state index contributed by atoms with van der Waals surface area (Å²) in [6.45, 7) is 0.625. The van der Waals surface area contributed by atoms with Crippen molar-refractivity contribution >= 4 is 29.0 Å². The second-order valence-corrected chi connectivity index (χ2v) is 7.01. The van der Waals surface area contributed by atoms with Crippen LogP contribution in [0.25, 0.3) is 0 Å². The van der Waals surface area contributed by atoms with Gasteiger partial charge >= 0.3 is 0 Å². The maximum absolute atomic E-state index is 11.7. The second-order valence-electron chi connectivity index (χ2n) is 4.99. The molecule has 1 saturated carbocycles. The third-order valence-corrected chi connectivity index (χ3v) is 5.53. The zero-order valence-corrected chi connectivity index (χ0v) is 12.6. The van der Waals surface area contributed by atoms with Gasteiger partial charge in [-0.3, -0.25) is 4.79 Å². The summed E-state index contributed by atoms with van der Waals surface area (Å²) in [5.74, 6) is 1.73. The van der Waals surface area contributed by atoms with Gasteiger partial charge in [-0.1, -0.05) is 18.9 Å². The fraction of sp³-hybridized carbons (Fsp3) is 0.643. The van der Waals surface area contributed by atoms with Crippen LogP contribution in [-0.4, -0.2) is 29.4 Å². The number of nitrogens with one attached hydrogen (secondary N) is 1. The van der Waals surface area contributed by atoms with Crippen molar-refractivity contribution in [1.82, 2.24) is 5.32 Å². The molecule has 0 spiro atoms. The van der Waals surface area contributed by atoms with E-state index in [1.54, 1.807) is 23.1 Å². The monoisotopic (exact) mass is 299 g/mol. The lowest BCUT2D eigenvalue weighted by atomic mass is 9.86. The Labute approximate surface area is 122 Å². The number of carbonyl (C=O) groups is 1. The van der Waals surface area contributed by atoms with Crippen molar-refractivity contribution in [2.24, 2.45) is 5.92 Å². The van der Waals surface area contributed by atoms with Crippen LogP contribution in [0.4, 0.5) is 0 Å². The molecule has 0 bridgehead atoms. The van der Waals surface area contributed by atoms with E-state index in [9.17, 15) is 9.90 Å². The molecule has 2 atom stereocenters. The van der Waals surface area contributed by atoms with Gasteiger partial charge in [0.15, 0.2) is 0 Å². The highest BCUT2D eigenvalue weighted by Gasteiger charge is 2.23. The molecule has 1 aliphatic rings. The van der Waals surface area contributed by atoms with E-state index in [1.807, 2.05) is 6.07 Å². The SMILES string of the molecule is O=C(CSCc1cccs1)NCC1CCCCC1O. The van der Waals surface area contributed by atoms with Gasteiger partial charge in [-0.25, -0.2) is 0 Å². The Bertz CT molecular complexity index is 381. The van der Waals surface area contributed by atoms with Crippen LogP contribution in [-0.2, 0) is 10.5 Å². The summed E-state index contributed by atoms with van der Waals surface area (Å²) >= 11 is 3.37. The number of thioether (sulfide) groups is 1. The van der Waals surface area contributed by atoms with Gasteiger partial charge in [-0.15, -0.1) is 23.1 Å². The highest BCUT2D eigenvalue weighted by atomic mass is 32.2. The number of carbonyl (C=O) groups excluding carboxylic acids is 1. The largest absolute Gasteiger partial charge is 0.393 e. The third kappa shape index (κ3) is 5.16. The number of amides is 1. The molecule has 2 N–H and O–H groups in total. The molecule has 5 heteroatoms. The Kier molecular flexibility index (Phi) is 6.20. The highest BCUT2D eigenvalue weighted by Crippen LogP contribution is 2.23. The van der Waals surface area contributed by atoms with E-state index < -0.39 is 0 Å². The number of thiophene rings is 1. The molecule has 19 heavy (non-hydrogen) atoms. The lowest BCUT2D eigenvalue weighted by Gasteiger charge is -2.27. The van der Waals surface area contributed by atoms with E-state index in [0.717, 1.165) is 25.0 Å². The van der Waals surface area contributed by atoms with Crippen molar-refractivity contribution in [1.29, 1.82) is 0 Å². The Morgan fingerprint density at radius 3 is 3.05 bits per heavy atom. The number of hydrogen-bond acceptors (Lipinski definition) is 4. The molecule has 3 nitrogen and oxygen atoms in total. The maximum atomic E-state index is 11.7. The van der Waals surface area contributed by atoms with Crippen molar-refractivity contribution in [3.63, 3.8) is 0 Å². The summed E-state index contributed by atoms with van der Waals surface area (Å²) in [4.78, 5) is 13.0. The first-order chi connectivity index (χ1) is 9.25. The van der Waals surface area contributed by atoms with Crippen LogP contribution in [0.2, 0.25) is 0 Å². The van der Waals surface area contributed by atoms with Gasteiger partial charge in [-0.05, 0) is 24.3 Å². The van der Waals surface area contributed by atoms with E-state index in [4.69, 9.17) is 0 Å². The molecule has 106 valence electrons. The van der Waals surface area contributed by atoms with E-state index in [1.165, 1.54) is 11.3 Å². The smallest absolute Gasteiger partial charge is 0.230 e. The molecule has 1 aliphatic carbocycles. The highest BCUT2D eigenvalue weighted by molar-refractivity contribution is 7.99. The van der Waals surface area contributed by atoms with Gasteiger partial charge < -0.3 is 10.4 Å².